The van der Waals surface area contributed by atoms with E-state index in [1.165, 1.54) is 0 Å². The van der Waals surface area contributed by atoms with Crippen molar-refractivity contribution in [2.24, 2.45) is 5.73 Å². The highest BCUT2D eigenvalue weighted by Gasteiger charge is 2.19. The molecule has 2 unspecified atom stereocenters. The smallest absolute Gasteiger partial charge is 0.249 e. The van der Waals surface area contributed by atoms with Crippen LogP contribution in [0.1, 0.15) is 24.1 Å². The number of methoxy groups -OCH3 is 1. The first-order valence-corrected chi connectivity index (χ1v) is 9.34. The van der Waals surface area contributed by atoms with Crippen molar-refractivity contribution in [1.82, 2.24) is 5.32 Å². The van der Waals surface area contributed by atoms with Gasteiger partial charge in [0.15, 0.2) is 0 Å². The molecule has 3 aromatic rings. The summed E-state index contributed by atoms with van der Waals surface area (Å²) in [4.78, 5) is 12.6. The van der Waals surface area contributed by atoms with Crippen molar-refractivity contribution < 1.29 is 14.3 Å². The first kappa shape index (κ1) is 22.7. The van der Waals surface area contributed by atoms with Crippen LogP contribution in [0.4, 0.5) is 0 Å². The minimum Gasteiger partial charge on any atom is -0.497 e. The van der Waals surface area contributed by atoms with Crippen LogP contribution in [0, 0.1) is 0 Å². The normalized spacial score (nSPS) is 12.7. The fraction of sp³-hybridized carbons (Fsp3) is 0.261. The van der Waals surface area contributed by atoms with Gasteiger partial charge in [-0.15, -0.1) is 12.4 Å². The molecular weight excluding hydrogens is 388 g/mol. The quantitative estimate of drug-likeness (QED) is 0.584. The van der Waals surface area contributed by atoms with Crippen LogP contribution in [-0.4, -0.2) is 25.7 Å². The Kier molecular flexibility index (Phi) is 8.46. The van der Waals surface area contributed by atoms with Crippen LogP contribution in [0.5, 0.6) is 5.75 Å². The summed E-state index contributed by atoms with van der Waals surface area (Å²) in [5.74, 6) is 0.573. The minimum atomic E-state index is -0.597. The highest BCUT2D eigenvalue weighted by molar-refractivity contribution is 5.85. The van der Waals surface area contributed by atoms with Gasteiger partial charge in [0.1, 0.15) is 11.9 Å². The van der Waals surface area contributed by atoms with Crippen molar-refractivity contribution in [3.05, 3.63) is 77.9 Å². The lowest BCUT2D eigenvalue weighted by Gasteiger charge is -2.21. The van der Waals surface area contributed by atoms with Gasteiger partial charge in [0.05, 0.1) is 19.8 Å². The third-order valence-electron chi connectivity index (χ3n) is 4.73. The Morgan fingerprint density at radius 2 is 1.79 bits per heavy atom. The van der Waals surface area contributed by atoms with E-state index >= 15 is 0 Å². The lowest BCUT2D eigenvalue weighted by molar-refractivity contribution is -0.133. The molecule has 0 heterocycles. The molecule has 3 aromatic carbocycles. The van der Waals surface area contributed by atoms with Crippen LogP contribution in [0.25, 0.3) is 10.8 Å². The maximum absolute atomic E-state index is 12.6. The second-order valence-corrected chi connectivity index (χ2v) is 6.71. The predicted octanol–water partition coefficient (Wildman–Crippen LogP) is 3.99. The van der Waals surface area contributed by atoms with E-state index in [0.29, 0.717) is 13.2 Å². The Bertz CT molecular complexity index is 948. The number of hydrogen-bond donors (Lipinski definition) is 2. The van der Waals surface area contributed by atoms with Crippen LogP contribution in [0.15, 0.2) is 66.7 Å². The Morgan fingerprint density at radius 3 is 2.52 bits per heavy atom. The van der Waals surface area contributed by atoms with Crippen molar-refractivity contribution in [3.8, 4) is 5.75 Å². The number of ether oxygens (including phenoxy) is 2. The van der Waals surface area contributed by atoms with Gasteiger partial charge in [-0.1, -0.05) is 48.5 Å². The number of carbonyl (C=O) groups is 1. The molecule has 0 aliphatic rings. The zero-order chi connectivity index (χ0) is 19.9. The summed E-state index contributed by atoms with van der Waals surface area (Å²) in [6.07, 6.45) is -0.597. The zero-order valence-corrected chi connectivity index (χ0v) is 17.4. The van der Waals surface area contributed by atoms with E-state index in [-0.39, 0.29) is 24.4 Å². The highest BCUT2D eigenvalue weighted by Crippen LogP contribution is 2.20. The largest absolute Gasteiger partial charge is 0.497 e. The monoisotopic (exact) mass is 414 g/mol. The van der Waals surface area contributed by atoms with E-state index in [0.717, 1.165) is 27.6 Å². The van der Waals surface area contributed by atoms with Gasteiger partial charge in [-0.2, -0.15) is 0 Å². The maximum Gasteiger partial charge on any atom is 0.249 e. The molecule has 0 bridgehead atoms. The number of carbonyl (C=O) groups excluding carboxylic acids is 1. The van der Waals surface area contributed by atoms with E-state index in [1.54, 1.807) is 14.0 Å². The molecule has 3 rings (SSSR count). The average Bonchev–Trinajstić information content (AvgIpc) is 2.75. The number of halogens is 1. The average molecular weight is 415 g/mol. The van der Waals surface area contributed by atoms with Gasteiger partial charge in [0.2, 0.25) is 5.91 Å². The standard InChI is InChI=1S/C23H26N2O3.ClH/c1-16(28-15-17-6-5-9-21(12-17)27-2)23(26)25-22(14-24)20-11-10-18-7-3-4-8-19(18)13-20;/h3-13,16,22H,14-15,24H2,1-2H3,(H,25,26);1H. The van der Waals surface area contributed by atoms with E-state index < -0.39 is 6.10 Å². The van der Waals surface area contributed by atoms with Gasteiger partial charge < -0.3 is 20.5 Å². The Balaban J connectivity index is 0.00000300. The van der Waals surface area contributed by atoms with Crippen LogP contribution in [0.3, 0.4) is 0 Å². The first-order valence-electron chi connectivity index (χ1n) is 9.34. The van der Waals surface area contributed by atoms with Gasteiger partial charge >= 0.3 is 0 Å². The maximum atomic E-state index is 12.6. The molecule has 0 aliphatic heterocycles. The topological polar surface area (TPSA) is 73.6 Å². The van der Waals surface area contributed by atoms with Crippen LogP contribution < -0.4 is 15.8 Å². The number of fused-ring (bicyclic) bond motifs is 1. The summed E-state index contributed by atoms with van der Waals surface area (Å²) in [5.41, 5.74) is 7.85. The summed E-state index contributed by atoms with van der Waals surface area (Å²) in [6, 6.07) is 21.5. The fourth-order valence-corrected chi connectivity index (χ4v) is 3.05. The number of benzene rings is 3. The van der Waals surface area contributed by atoms with E-state index in [4.69, 9.17) is 15.2 Å². The molecule has 154 valence electrons. The molecule has 0 fully saturated rings. The Hall–Kier alpha value is -2.60. The molecule has 0 radical (unpaired) electrons. The zero-order valence-electron chi connectivity index (χ0n) is 16.6. The van der Waals surface area contributed by atoms with Crippen LogP contribution in [0.2, 0.25) is 0 Å². The highest BCUT2D eigenvalue weighted by atomic mass is 35.5. The Morgan fingerprint density at radius 1 is 1.03 bits per heavy atom. The Labute approximate surface area is 177 Å². The van der Waals surface area contributed by atoms with Gasteiger partial charge in [0, 0.05) is 6.54 Å². The fourth-order valence-electron chi connectivity index (χ4n) is 3.05. The molecule has 0 aromatic heterocycles. The van der Waals surface area contributed by atoms with Crippen molar-refractivity contribution in [1.29, 1.82) is 0 Å². The first-order chi connectivity index (χ1) is 13.6. The molecule has 0 aliphatic carbocycles. The molecule has 2 atom stereocenters. The van der Waals surface area contributed by atoms with Crippen LogP contribution >= 0.6 is 12.4 Å². The van der Waals surface area contributed by atoms with E-state index in [1.807, 2.05) is 54.6 Å². The van der Waals surface area contributed by atoms with Gasteiger partial charge in [-0.3, -0.25) is 4.79 Å². The lowest BCUT2D eigenvalue weighted by atomic mass is 10.0. The molecule has 3 N–H and O–H groups in total. The van der Waals surface area contributed by atoms with E-state index in [2.05, 4.69) is 17.4 Å². The summed E-state index contributed by atoms with van der Waals surface area (Å²) >= 11 is 0. The van der Waals surface area contributed by atoms with Crippen LogP contribution in [-0.2, 0) is 16.1 Å². The third kappa shape index (κ3) is 5.94. The number of nitrogens with one attached hydrogen (secondary N) is 1. The molecule has 0 spiro atoms. The molecule has 0 saturated carbocycles. The number of hydrogen-bond acceptors (Lipinski definition) is 4. The summed E-state index contributed by atoms with van der Waals surface area (Å²) in [6.45, 7) is 2.38. The number of nitrogens with two attached hydrogens (primary N) is 1. The number of amides is 1. The van der Waals surface area contributed by atoms with Crippen molar-refractivity contribution in [2.75, 3.05) is 13.7 Å². The minimum absolute atomic E-state index is 0. The van der Waals surface area contributed by atoms with Crippen molar-refractivity contribution in [3.63, 3.8) is 0 Å². The van der Waals surface area contributed by atoms with Crippen molar-refractivity contribution >= 4 is 29.1 Å². The predicted molar refractivity (Wildman–Crippen MR) is 118 cm³/mol. The summed E-state index contributed by atoms with van der Waals surface area (Å²) in [7, 11) is 1.62. The molecule has 1 amide bonds. The molecule has 5 nitrogen and oxygen atoms in total. The SMILES string of the molecule is COc1cccc(COC(C)C(=O)NC(CN)c2ccc3ccccc3c2)c1.Cl. The lowest BCUT2D eigenvalue weighted by Crippen LogP contribution is -2.39. The summed E-state index contributed by atoms with van der Waals surface area (Å²) < 4.78 is 10.9. The van der Waals surface area contributed by atoms with Crippen molar-refractivity contribution in [2.45, 2.75) is 25.7 Å². The third-order valence-corrected chi connectivity index (χ3v) is 4.73. The molecule has 29 heavy (non-hydrogen) atoms. The number of rotatable bonds is 8. The molecular formula is C23H27ClN2O3. The van der Waals surface area contributed by atoms with E-state index in [9.17, 15) is 4.79 Å². The van der Waals surface area contributed by atoms with Gasteiger partial charge in [-0.25, -0.2) is 0 Å². The molecule has 6 heteroatoms. The second-order valence-electron chi connectivity index (χ2n) is 6.71. The second kappa shape index (κ2) is 10.8. The van der Waals surface area contributed by atoms with Gasteiger partial charge in [-0.05, 0) is 47.0 Å². The van der Waals surface area contributed by atoms with Gasteiger partial charge in [0.25, 0.3) is 0 Å². The summed E-state index contributed by atoms with van der Waals surface area (Å²) in [5, 5.41) is 5.27. The molecule has 0 saturated heterocycles.